The van der Waals surface area contributed by atoms with Crippen LogP contribution in [0.2, 0.25) is 5.02 Å². The van der Waals surface area contributed by atoms with Crippen LogP contribution in [-0.4, -0.2) is 34.1 Å². The first-order chi connectivity index (χ1) is 16.9. The van der Waals surface area contributed by atoms with E-state index in [9.17, 15) is 8.42 Å². The van der Waals surface area contributed by atoms with Crippen LogP contribution in [0.3, 0.4) is 0 Å². The third kappa shape index (κ3) is 5.16. The van der Waals surface area contributed by atoms with Crippen molar-refractivity contribution in [1.29, 1.82) is 0 Å². The molecule has 1 fully saturated rings. The van der Waals surface area contributed by atoms with Crippen LogP contribution in [0, 0.1) is 6.92 Å². The molecule has 5 rings (SSSR count). The average Bonchev–Trinajstić information content (AvgIpc) is 2.84. The predicted molar refractivity (Wildman–Crippen MR) is 138 cm³/mol. The molecule has 1 aliphatic carbocycles. The summed E-state index contributed by atoms with van der Waals surface area (Å²) in [5, 5.41) is 0.998. The van der Waals surface area contributed by atoms with Gasteiger partial charge < -0.3 is 0 Å². The molecular formula is C25H23ClN6O2S. The van der Waals surface area contributed by atoms with Gasteiger partial charge in [-0.15, -0.1) is 0 Å². The van der Waals surface area contributed by atoms with Crippen LogP contribution in [0.1, 0.15) is 37.8 Å². The topological polar surface area (TPSA) is 110 Å². The maximum absolute atomic E-state index is 12.7. The average molecular weight is 507 g/mol. The van der Waals surface area contributed by atoms with Gasteiger partial charge in [0.1, 0.15) is 4.90 Å². The van der Waals surface area contributed by atoms with Crippen molar-refractivity contribution >= 4 is 50.1 Å². The Bertz CT molecular complexity index is 1550. The van der Waals surface area contributed by atoms with Crippen LogP contribution in [0.4, 0.5) is 11.9 Å². The van der Waals surface area contributed by atoms with E-state index < -0.39 is 10.0 Å². The van der Waals surface area contributed by atoms with E-state index in [2.05, 4.69) is 29.7 Å². The predicted octanol–water partition coefficient (Wildman–Crippen LogP) is 5.89. The number of sulfonamides is 1. The molecule has 1 aliphatic rings. The quantitative estimate of drug-likeness (QED) is 0.361. The number of aryl methyl sites for hydroxylation is 1. The van der Waals surface area contributed by atoms with Crippen LogP contribution in [-0.2, 0) is 10.0 Å². The SMILES string of the molecule is Cc1nc(NS(=O)(=O)c2ccccc2Cl)ncc1-c1ccc2nc(N=C3CCCCC3)ncc2c1. The first-order valence-corrected chi connectivity index (χ1v) is 13.2. The van der Waals surface area contributed by atoms with Gasteiger partial charge in [-0.2, -0.15) is 0 Å². The van der Waals surface area contributed by atoms with Crippen molar-refractivity contribution in [1.82, 2.24) is 19.9 Å². The lowest BCUT2D eigenvalue weighted by molar-refractivity contribution is 0.601. The van der Waals surface area contributed by atoms with Crippen molar-refractivity contribution in [2.75, 3.05) is 4.72 Å². The Morgan fingerprint density at radius 1 is 0.971 bits per heavy atom. The number of anilines is 1. The fourth-order valence-electron chi connectivity index (χ4n) is 4.10. The summed E-state index contributed by atoms with van der Waals surface area (Å²) >= 11 is 6.04. The number of aliphatic imine (C=N–C) groups is 1. The molecule has 4 aromatic rings. The maximum Gasteiger partial charge on any atom is 0.265 e. The van der Waals surface area contributed by atoms with Crippen LogP contribution >= 0.6 is 11.6 Å². The second-order valence-electron chi connectivity index (χ2n) is 8.41. The summed E-state index contributed by atoms with van der Waals surface area (Å²) in [5.74, 6) is 0.471. The van der Waals surface area contributed by atoms with Gasteiger partial charge in [-0.3, -0.25) is 0 Å². The fraction of sp³-hybridized carbons (Fsp3) is 0.240. The Kier molecular flexibility index (Phi) is 6.44. The number of hydrogen-bond acceptors (Lipinski definition) is 7. The highest BCUT2D eigenvalue weighted by molar-refractivity contribution is 7.92. The van der Waals surface area contributed by atoms with E-state index in [0.29, 0.717) is 11.6 Å². The number of halogens is 1. The lowest BCUT2D eigenvalue weighted by Gasteiger charge is -2.12. The molecule has 2 heterocycles. The molecule has 0 amide bonds. The van der Waals surface area contributed by atoms with Gasteiger partial charge in [0.25, 0.3) is 10.0 Å². The van der Waals surface area contributed by atoms with Gasteiger partial charge in [-0.1, -0.05) is 36.2 Å². The molecule has 0 saturated heterocycles. The number of nitrogens with zero attached hydrogens (tertiary/aromatic N) is 5. The van der Waals surface area contributed by atoms with Gasteiger partial charge in [0.2, 0.25) is 11.9 Å². The van der Waals surface area contributed by atoms with Crippen molar-refractivity contribution in [3.63, 3.8) is 0 Å². The first kappa shape index (κ1) is 23.3. The highest BCUT2D eigenvalue weighted by Gasteiger charge is 2.19. The van der Waals surface area contributed by atoms with Crippen LogP contribution < -0.4 is 4.72 Å². The Morgan fingerprint density at radius 3 is 2.54 bits per heavy atom. The van der Waals surface area contributed by atoms with Crippen molar-refractivity contribution in [3.05, 3.63) is 65.6 Å². The zero-order valence-corrected chi connectivity index (χ0v) is 20.6. The first-order valence-electron chi connectivity index (χ1n) is 11.3. The number of aromatic nitrogens is 4. The molecule has 0 unspecified atom stereocenters. The van der Waals surface area contributed by atoms with Gasteiger partial charge in [0.15, 0.2) is 0 Å². The molecule has 1 N–H and O–H groups in total. The molecule has 2 aromatic carbocycles. The van der Waals surface area contributed by atoms with E-state index in [1.165, 1.54) is 37.1 Å². The van der Waals surface area contributed by atoms with Crippen molar-refractivity contribution in [3.8, 4) is 11.1 Å². The Morgan fingerprint density at radius 2 is 1.77 bits per heavy atom. The van der Waals surface area contributed by atoms with E-state index in [4.69, 9.17) is 11.6 Å². The van der Waals surface area contributed by atoms with Crippen LogP contribution in [0.25, 0.3) is 22.0 Å². The molecule has 0 spiro atoms. The number of rotatable bonds is 5. The molecule has 2 aromatic heterocycles. The standard InChI is InChI=1S/C25H23ClN6O2S/c1-16-20(15-28-25(29-16)32-35(33,34)23-10-6-5-9-21(23)26)17-11-12-22-18(13-17)14-27-24(31-22)30-19-7-3-2-4-8-19/h5-6,9-15H,2-4,7-8H2,1H3,(H,28,29,32). The summed E-state index contributed by atoms with van der Waals surface area (Å²) in [7, 11) is -3.92. The smallest absolute Gasteiger partial charge is 0.247 e. The third-order valence-corrected chi connectivity index (χ3v) is 7.73. The molecular weight excluding hydrogens is 484 g/mol. The zero-order chi connectivity index (χ0) is 24.4. The summed E-state index contributed by atoms with van der Waals surface area (Å²) in [5.41, 5.74) is 4.26. The third-order valence-electron chi connectivity index (χ3n) is 5.90. The van der Waals surface area contributed by atoms with E-state index in [1.807, 2.05) is 18.2 Å². The molecule has 8 nitrogen and oxygen atoms in total. The number of nitrogens with one attached hydrogen (secondary N) is 1. The van der Waals surface area contributed by atoms with Gasteiger partial charge in [-0.05, 0) is 62.4 Å². The largest absolute Gasteiger partial charge is 0.265 e. The fourth-order valence-corrected chi connectivity index (χ4v) is 5.57. The normalized spacial score (nSPS) is 14.2. The lowest BCUT2D eigenvalue weighted by Crippen LogP contribution is -2.16. The molecule has 0 aliphatic heterocycles. The summed E-state index contributed by atoms with van der Waals surface area (Å²) in [4.78, 5) is 22.2. The number of hydrogen-bond donors (Lipinski definition) is 1. The molecule has 0 atom stereocenters. The minimum Gasteiger partial charge on any atom is -0.247 e. The minimum absolute atomic E-state index is 0.0261. The van der Waals surface area contributed by atoms with Crippen LogP contribution in [0.15, 0.2) is 64.7 Å². The van der Waals surface area contributed by atoms with Gasteiger partial charge in [0.05, 0.1) is 16.2 Å². The van der Waals surface area contributed by atoms with Gasteiger partial charge >= 0.3 is 0 Å². The maximum atomic E-state index is 12.7. The second kappa shape index (κ2) is 9.67. The van der Waals surface area contributed by atoms with E-state index in [0.717, 1.165) is 34.9 Å². The van der Waals surface area contributed by atoms with Crippen molar-refractivity contribution in [2.24, 2.45) is 4.99 Å². The summed E-state index contributed by atoms with van der Waals surface area (Å²) < 4.78 is 27.8. The summed E-state index contributed by atoms with van der Waals surface area (Å²) in [6.07, 6.45) is 9.02. The monoisotopic (exact) mass is 506 g/mol. The molecule has 10 heteroatoms. The molecule has 35 heavy (non-hydrogen) atoms. The lowest BCUT2D eigenvalue weighted by atomic mass is 9.99. The Labute approximate surface area is 208 Å². The van der Waals surface area contributed by atoms with Crippen molar-refractivity contribution in [2.45, 2.75) is 43.9 Å². The zero-order valence-electron chi connectivity index (χ0n) is 19.1. The summed E-state index contributed by atoms with van der Waals surface area (Å²) in [6, 6.07) is 12.0. The number of fused-ring (bicyclic) bond motifs is 1. The van der Waals surface area contributed by atoms with E-state index in [1.54, 1.807) is 31.5 Å². The molecule has 178 valence electrons. The van der Waals surface area contributed by atoms with E-state index >= 15 is 0 Å². The highest BCUT2D eigenvalue weighted by atomic mass is 35.5. The summed E-state index contributed by atoms with van der Waals surface area (Å²) in [6.45, 7) is 1.80. The van der Waals surface area contributed by atoms with E-state index in [-0.39, 0.29) is 15.9 Å². The molecule has 0 bridgehead atoms. The molecule has 0 radical (unpaired) electrons. The molecule has 1 saturated carbocycles. The highest BCUT2D eigenvalue weighted by Crippen LogP contribution is 2.28. The van der Waals surface area contributed by atoms with Crippen LogP contribution in [0.5, 0.6) is 0 Å². The minimum atomic E-state index is -3.92. The van der Waals surface area contributed by atoms with Gasteiger partial charge in [0, 0.05) is 29.1 Å². The van der Waals surface area contributed by atoms with Gasteiger partial charge in [-0.25, -0.2) is 38.1 Å². The Balaban J connectivity index is 1.39. The second-order valence-corrected chi connectivity index (χ2v) is 10.5. The Hall–Kier alpha value is -3.43. The van der Waals surface area contributed by atoms with Crippen molar-refractivity contribution < 1.29 is 8.42 Å². The number of benzene rings is 2.